The molecular weight excluding hydrogens is 355 g/mol. The van der Waals surface area contributed by atoms with Crippen molar-refractivity contribution >= 4 is 21.6 Å². The Bertz CT molecular complexity index is 897. The van der Waals surface area contributed by atoms with Crippen LogP contribution in [0.4, 0.5) is 10.1 Å². The van der Waals surface area contributed by atoms with Crippen molar-refractivity contribution in [3.63, 3.8) is 0 Å². The summed E-state index contributed by atoms with van der Waals surface area (Å²) in [4.78, 5) is 12.6. The van der Waals surface area contributed by atoms with E-state index in [2.05, 4.69) is 5.32 Å². The number of anilines is 1. The lowest BCUT2D eigenvalue weighted by Crippen LogP contribution is -2.43. The minimum Gasteiger partial charge on any atom is -0.326 e. The molecule has 0 spiro atoms. The second kappa shape index (κ2) is 7.55. The summed E-state index contributed by atoms with van der Waals surface area (Å²) in [5.41, 5.74) is 1.68. The van der Waals surface area contributed by atoms with Gasteiger partial charge in [0, 0.05) is 18.8 Å². The maximum Gasteiger partial charge on any atom is 0.243 e. The number of rotatable bonds is 4. The molecule has 3 rings (SSSR count). The van der Waals surface area contributed by atoms with Gasteiger partial charge in [-0.2, -0.15) is 4.31 Å². The molecular formula is C19H21FN2O3S. The predicted molar refractivity (Wildman–Crippen MR) is 97.7 cm³/mol. The van der Waals surface area contributed by atoms with E-state index in [1.165, 1.54) is 16.4 Å². The number of hydrogen-bond donors (Lipinski definition) is 1. The first kappa shape index (κ1) is 18.5. The number of amides is 1. The van der Waals surface area contributed by atoms with Crippen molar-refractivity contribution in [3.05, 3.63) is 59.9 Å². The molecule has 1 heterocycles. The Morgan fingerprint density at radius 3 is 2.54 bits per heavy atom. The molecule has 0 unspecified atom stereocenters. The van der Waals surface area contributed by atoms with Crippen LogP contribution in [0.15, 0.2) is 53.4 Å². The Balaban J connectivity index is 1.73. The number of nitrogens with one attached hydrogen (secondary N) is 1. The molecule has 5 nitrogen and oxygen atoms in total. The fourth-order valence-corrected chi connectivity index (χ4v) is 4.60. The van der Waals surface area contributed by atoms with E-state index in [0.717, 1.165) is 23.4 Å². The van der Waals surface area contributed by atoms with E-state index in [-0.39, 0.29) is 17.3 Å². The lowest BCUT2D eigenvalue weighted by molar-refractivity contribution is -0.120. The molecule has 1 aliphatic rings. The van der Waals surface area contributed by atoms with E-state index in [9.17, 15) is 17.6 Å². The Morgan fingerprint density at radius 1 is 1.15 bits per heavy atom. The second-order valence-electron chi connectivity index (χ2n) is 6.46. The van der Waals surface area contributed by atoms with Crippen LogP contribution in [0.2, 0.25) is 0 Å². The van der Waals surface area contributed by atoms with Crippen molar-refractivity contribution in [1.29, 1.82) is 0 Å². The molecule has 7 heteroatoms. The van der Waals surface area contributed by atoms with E-state index in [1.807, 2.05) is 31.2 Å². The fourth-order valence-electron chi connectivity index (χ4n) is 3.08. The van der Waals surface area contributed by atoms with E-state index >= 15 is 0 Å². The number of piperidine rings is 1. The monoisotopic (exact) mass is 376 g/mol. The van der Waals surface area contributed by atoms with Gasteiger partial charge in [-0.3, -0.25) is 4.79 Å². The Kier molecular flexibility index (Phi) is 5.38. The minimum absolute atomic E-state index is 0.0406. The zero-order valence-corrected chi connectivity index (χ0v) is 15.3. The summed E-state index contributed by atoms with van der Waals surface area (Å²) in [6, 6.07) is 12.2. The first-order valence-electron chi connectivity index (χ1n) is 8.50. The van der Waals surface area contributed by atoms with Gasteiger partial charge in [-0.15, -0.1) is 0 Å². The molecule has 0 aromatic heterocycles. The number of halogens is 1. The van der Waals surface area contributed by atoms with Crippen LogP contribution in [0, 0.1) is 18.7 Å². The van der Waals surface area contributed by atoms with Crippen LogP contribution < -0.4 is 5.32 Å². The Morgan fingerprint density at radius 2 is 1.85 bits per heavy atom. The summed E-state index contributed by atoms with van der Waals surface area (Å²) in [6.07, 6.45) is 1.24. The molecule has 1 amide bonds. The third kappa shape index (κ3) is 3.94. The first-order chi connectivity index (χ1) is 12.4. The topological polar surface area (TPSA) is 66.5 Å². The number of carbonyl (C=O) groups is 1. The van der Waals surface area contributed by atoms with Gasteiger partial charge in [-0.05, 0) is 55.7 Å². The molecule has 1 atom stereocenters. The number of sulfonamides is 1. The summed E-state index contributed by atoms with van der Waals surface area (Å²) in [6.45, 7) is 2.38. The predicted octanol–water partition coefficient (Wildman–Crippen LogP) is 3.17. The Labute approximate surface area is 152 Å². The van der Waals surface area contributed by atoms with Crippen molar-refractivity contribution in [3.8, 4) is 0 Å². The molecule has 138 valence electrons. The molecule has 0 saturated carbocycles. The molecule has 0 radical (unpaired) electrons. The summed E-state index contributed by atoms with van der Waals surface area (Å²) in [7, 11) is -3.74. The number of benzene rings is 2. The van der Waals surface area contributed by atoms with Crippen LogP contribution in [-0.4, -0.2) is 31.7 Å². The third-order valence-corrected chi connectivity index (χ3v) is 6.49. The Hall–Kier alpha value is -2.25. The molecule has 2 aromatic carbocycles. The van der Waals surface area contributed by atoms with Gasteiger partial charge in [0.15, 0.2) is 0 Å². The SMILES string of the molecule is Cc1ccccc1NC(=O)[C@@H]1CCCN(S(=O)(=O)c2ccc(F)cc2)C1. The quantitative estimate of drug-likeness (QED) is 0.891. The van der Waals surface area contributed by atoms with Gasteiger partial charge in [-0.25, -0.2) is 12.8 Å². The highest BCUT2D eigenvalue weighted by molar-refractivity contribution is 7.89. The van der Waals surface area contributed by atoms with Crippen molar-refractivity contribution in [2.24, 2.45) is 5.92 Å². The number of nitrogens with zero attached hydrogens (tertiary/aromatic N) is 1. The number of aryl methyl sites for hydroxylation is 1. The number of hydrogen-bond acceptors (Lipinski definition) is 3. The highest BCUT2D eigenvalue weighted by atomic mass is 32.2. The van der Waals surface area contributed by atoms with E-state index < -0.39 is 21.8 Å². The minimum atomic E-state index is -3.74. The van der Waals surface area contributed by atoms with Crippen LogP contribution in [0.5, 0.6) is 0 Å². The zero-order chi connectivity index (χ0) is 18.7. The average molecular weight is 376 g/mol. The van der Waals surface area contributed by atoms with Crippen LogP contribution >= 0.6 is 0 Å². The first-order valence-corrected chi connectivity index (χ1v) is 9.94. The molecule has 1 N–H and O–H groups in total. The maximum absolute atomic E-state index is 13.1. The summed E-state index contributed by atoms with van der Waals surface area (Å²) >= 11 is 0. The molecule has 1 fully saturated rings. The van der Waals surface area contributed by atoms with E-state index in [0.29, 0.717) is 19.4 Å². The van der Waals surface area contributed by atoms with E-state index in [4.69, 9.17) is 0 Å². The highest BCUT2D eigenvalue weighted by Crippen LogP contribution is 2.25. The van der Waals surface area contributed by atoms with Gasteiger partial charge in [0.05, 0.1) is 10.8 Å². The van der Waals surface area contributed by atoms with E-state index in [1.54, 1.807) is 0 Å². The molecule has 1 aliphatic heterocycles. The summed E-state index contributed by atoms with van der Waals surface area (Å²) in [5.74, 6) is -1.09. The van der Waals surface area contributed by atoms with Crippen LogP contribution in [0.1, 0.15) is 18.4 Å². The van der Waals surface area contributed by atoms with Crippen LogP contribution in [-0.2, 0) is 14.8 Å². The van der Waals surface area contributed by atoms with Gasteiger partial charge in [0.1, 0.15) is 5.82 Å². The third-order valence-electron chi connectivity index (χ3n) is 4.61. The van der Waals surface area contributed by atoms with Gasteiger partial charge in [0.25, 0.3) is 0 Å². The van der Waals surface area contributed by atoms with Crippen molar-refractivity contribution in [1.82, 2.24) is 4.31 Å². The maximum atomic E-state index is 13.1. The van der Waals surface area contributed by atoms with Crippen LogP contribution in [0.3, 0.4) is 0 Å². The largest absolute Gasteiger partial charge is 0.326 e. The van der Waals surface area contributed by atoms with Gasteiger partial charge < -0.3 is 5.32 Å². The van der Waals surface area contributed by atoms with Gasteiger partial charge >= 0.3 is 0 Å². The van der Waals surface area contributed by atoms with Gasteiger partial charge in [-0.1, -0.05) is 18.2 Å². The standard InChI is InChI=1S/C19H21FN2O3S/c1-14-5-2-3-7-18(14)21-19(23)15-6-4-12-22(13-15)26(24,25)17-10-8-16(20)9-11-17/h2-3,5,7-11,15H,4,6,12-13H2,1H3,(H,21,23)/t15-/m1/s1. The molecule has 1 saturated heterocycles. The normalized spacial score (nSPS) is 18.5. The van der Waals surface area contributed by atoms with Crippen molar-refractivity contribution < 1.29 is 17.6 Å². The average Bonchev–Trinajstić information content (AvgIpc) is 2.64. The van der Waals surface area contributed by atoms with Gasteiger partial charge in [0.2, 0.25) is 15.9 Å². The lowest BCUT2D eigenvalue weighted by Gasteiger charge is -2.31. The smallest absolute Gasteiger partial charge is 0.243 e. The summed E-state index contributed by atoms with van der Waals surface area (Å²) < 4.78 is 39.9. The molecule has 0 aliphatic carbocycles. The van der Waals surface area contributed by atoms with Crippen LogP contribution in [0.25, 0.3) is 0 Å². The zero-order valence-electron chi connectivity index (χ0n) is 14.5. The lowest BCUT2D eigenvalue weighted by atomic mass is 9.98. The molecule has 26 heavy (non-hydrogen) atoms. The number of carbonyl (C=O) groups excluding carboxylic acids is 1. The second-order valence-corrected chi connectivity index (χ2v) is 8.40. The molecule has 2 aromatic rings. The van der Waals surface area contributed by atoms with Crippen molar-refractivity contribution in [2.75, 3.05) is 18.4 Å². The number of para-hydroxylation sites is 1. The summed E-state index contributed by atoms with van der Waals surface area (Å²) in [5, 5.41) is 2.89. The molecule has 0 bridgehead atoms. The highest BCUT2D eigenvalue weighted by Gasteiger charge is 2.33. The fraction of sp³-hybridized carbons (Fsp3) is 0.316. The van der Waals surface area contributed by atoms with Crippen molar-refractivity contribution in [2.45, 2.75) is 24.7 Å².